The van der Waals surface area contributed by atoms with Crippen molar-refractivity contribution in [3.05, 3.63) is 41.4 Å². The van der Waals surface area contributed by atoms with Gasteiger partial charge in [0.05, 0.1) is 6.57 Å². The minimum absolute atomic E-state index is 0. The summed E-state index contributed by atoms with van der Waals surface area (Å²) < 4.78 is 2.62. The molecule has 1 aliphatic heterocycles. The molecule has 5 rings (SSSR count). The van der Waals surface area contributed by atoms with E-state index < -0.39 is 0 Å². The Bertz CT molecular complexity index is 947. The monoisotopic (exact) mass is 518 g/mol. The van der Waals surface area contributed by atoms with Crippen LogP contribution < -0.4 is 10.6 Å². The first-order chi connectivity index (χ1) is 16.3. The molecule has 0 amide bonds. The molecule has 3 aliphatic rings. The van der Waals surface area contributed by atoms with Crippen molar-refractivity contribution in [2.24, 2.45) is 5.92 Å². The van der Waals surface area contributed by atoms with Crippen molar-refractivity contribution in [1.82, 2.24) is 15.2 Å². The van der Waals surface area contributed by atoms with E-state index in [-0.39, 0.29) is 24.8 Å². The van der Waals surface area contributed by atoms with Gasteiger partial charge in [-0.15, -0.1) is 24.8 Å². The summed E-state index contributed by atoms with van der Waals surface area (Å²) in [6.45, 7) is 11.0. The summed E-state index contributed by atoms with van der Waals surface area (Å²) in [5, 5.41) is 8.76. The zero-order valence-electron chi connectivity index (χ0n) is 21.1. The Labute approximate surface area is 224 Å². The van der Waals surface area contributed by atoms with E-state index in [9.17, 15) is 0 Å². The van der Waals surface area contributed by atoms with Gasteiger partial charge in [0.25, 0.3) is 0 Å². The number of hydrogen-bond acceptors (Lipinski definition) is 2. The van der Waals surface area contributed by atoms with Crippen LogP contribution in [-0.4, -0.2) is 30.2 Å². The molecule has 35 heavy (non-hydrogen) atoms. The third-order valence-corrected chi connectivity index (χ3v) is 8.79. The maximum absolute atomic E-state index is 7.62. The summed E-state index contributed by atoms with van der Waals surface area (Å²) in [6.07, 6.45) is 19.9. The molecule has 1 saturated heterocycles. The third-order valence-electron chi connectivity index (χ3n) is 8.79. The van der Waals surface area contributed by atoms with Gasteiger partial charge in [-0.25, -0.2) is 4.85 Å². The van der Waals surface area contributed by atoms with Gasteiger partial charge in [-0.3, -0.25) is 0 Å². The highest BCUT2D eigenvalue weighted by Crippen LogP contribution is 2.43. The number of aromatic nitrogens is 1. The number of piperidine rings is 1. The number of fused-ring (bicyclic) bond motifs is 1. The van der Waals surface area contributed by atoms with Gasteiger partial charge >= 0.3 is 0 Å². The van der Waals surface area contributed by atoms with Crippen LogP contribution in [0.5, 0.6) is 0 Å². The van der Waals surface area contributed by atoms with E-state index in [2.05, 4.69) is 38.4 Å². The molecule has 0 spiro atoms. The number of hydrogen-bond donors (Lipinski definition) is 2. The normalized spacial score (nSPS) is 21.1. The van der Waals surface area contributed by atoms with E-state index in [1.165, 1.54) is 94.4 Å². The first kappa shape index (κ1) is 28.3. The quantitative estimate of drug-likeness (QED) is 0.364. The van der Waals surface area contributed by atoms with Gasteiger partial charge < -0.3 is 15.2 Å². The van der Waals surface area contributed by atoms with Crippen molar-refractivity contribution in [1.29, 1.82) is 0 Å². The van der Waals surface area contributed by atoms with Gasteiger partial charge in [0.1, 0.15) is 0 Å². The maximum atomic E-state index is 7.62. The molecule has 1 aromatic heterocycles. The van der Waals surface area contributed by atoms with Crippen molar-refractivity contribution in [3.63, 3.8) is 0 Å². The van der Waals surface area contributed by atoms with Crippen LogP contribution in [0.25, 0.3) is 15.7 Å². The molecule has 1 unspecified atom stereocenters. The van der Waals surface area contributed by atoms with Crippen LogP contribution in [0.2, 0.25) is 0 Å². The molecule has 4 nitrogen and oxygen atoms in total. The standard InChI is InChI=1S/C29H42N4.2ClH/c1-30-24-12-13-29-27(20-24)28(21-33(29)25-10-6-3-7-11-25)26(22-8-4-2-5-9-22)16-19-32-23-14-17-31-18-15-23;;/h12-13,20-23,25-26,31-32H,2-11,14-19H2;2*1H. The molecule has 1 aromatic carbocycles. The van der Waals surface area contributed by atoms with Crippen LogP contribution >= 0.6 is 24.8 Å². The molecule has 2 N–H and O–H groups in total. The van der Waals surface area contributed by atoms with Gasteiger partial charge in [-0.1, -0.05) is 44.6 Å². The van der Waals surface area contributed by atoms with Crippen molar-refractivity contribution < 1.29 is 0 Å². The lowest BCUT2D eigenvalue weighted by atomic mass is 9.75. The fourth-order valence-corrected chi connectivity index (χ4v) is 6.95. The number of rotatable bonds is 7. The highest BCUT2D eigenvalue weighted by Gasteiger charge is 2.29. The molecule has 2 aromatic rings. The second-order valence-corrected chi connectivity index (χ2v) is 10.9. The zero-order chi connectivity index (χ0) is 22.5. The third kappa shape index (κ3) is 6.75. The van der Waals surface area contributed by atoms with E-state index in [1.54, 1.807) is 5.56 Å². The Morgan fingerprint density at radius 2 is 1.63 bits per heavy atom. The Kier molecular flexibility index (Phi) is 11.2. The summed E-state index contributed by atoms with van der Waals surface area (Å²) in [4.78, 5) is 3.80. The smallest absolute Gasteiger partial charge is 0.187 e. The van der Waals surface area contributed by atoms with E-state index in [0.717, 1.165) is 31.2 Å². The summed E-state index contributed by atoms with van der Waals surface area (Å²) in [7, 11) is 0. The van der Waals surface area contributed by atoms with Crippen LogP contribution in [0.1, 0.15) is 101 Å². The second kappa shape index (κ2) is 13.9. The number of nitrogens with zero attached hydrogens (tertiary/aromatic N) is 2. The Hall–Kier alpha value is -1.25. The predicted octanol–water partition coefficient (Wildman–Crippen LogP) is 7.94. The van der Waals surface area contributed by atoms with Gasteiger partial charge in [-0.05, 0) is 99.5 Å². The van der Waals surface area contributed by atoms with E-state index in [0.29, 0.717) is 18.0 Å². The summed E-state index contributed by atoms with van der Waals surface area (Å²) >= 11 is 0. The molecule has 2 heterocycles. The molecular formula is C29H44Cl2N4. The maximum Gasteiger partial charge on any atom is 0.187 e. The molecule has 2 aliphatic carbocycles. The van der Waals surface area contributed by atoms with Crippen molar-refractivity contribution >= 4 is 41.4 Å². The largest absolute Gasteiger partial charge is 0.344 e. The van der Waals surface area contributed by atoms with Crippen LogP contribution in [0.15, 0.2) is 24.4 Å². The number of nitrogens with one attached hydrogen (secondary N) is 2. The average Bonchev–Trinajstić information content (AvgIpc) is 3.27. The van der Waals surface area contributed by atoms with Crippen molar-refractivity contribution in [2.45, 2.75) is 101 Å². The first-order valence-corrected chi connectivity index (χ1v) is 13.8. The first-order valence-electron chi connectivity index (χ1n) is 13.8. The molecule has 6 heteroatoms. The Balaban J connectivity index is 0.00000171. The minimum atomic E-state index is 0. The summed E-state index contributed by atoms with van der Waals surface area (Å²) in [5.41, 5.74) is 3.71. The van der Waals surface area contributed by atoms with Crippen LogP contribution in [0.4, 0.5) is 5.69 Å². The van der Waals surface area contributed by atoms with E-state index in [4.69, 9.17) is 6.57 Å². The highest BCUT2D eigenvalue weighted by atomic mass is 35.5. The molecule has 0 radical (unpaired) electrons. The lowest BCUT2D eigenvalue weighted by Crippen LogP contribution is -2.40. The van der Waals surface area contributed by atoms with Gasteiger partial charge in [-0.2, -0.15) is 0 Å². The lowest BCUT2D eigenvalue weighted by Gasteiger charge is -2.32. The topological polar surface area (TPSA) is 33.4 Å². The van der Waals surface area contributed by atoms with Crippen molar-refractivity contribution in [3.8, 4) is 0 Å². The highest BCUT2D eigenvalue weighted by molar-refractivity contribution is 5.88. The molecule has 1 atom stereocenters. The Morgan fingerprint density at radius 3 is 2.31 bits per heavy atom. The van der Waals surface area contributed by atoms with Gasteiger partial charge in [0.15, 0.2) is 5.69 Å². The van der Waals surface area contributed by atoms with Crippen LogP contribution in [-0.2, 0) is 0 Å². The fourth-order valence-electron chi connectivity index (χ4n) is 6.95. The molecule has 2 saturated carbocycles. The zero-order valence-corrected chi connectivity index (χ0v) is 22.8. The predicted molar refractivity (Wildman–Crippen MR) is 153 cm³/mol. The Morgan fingerprint density at radius 1 is 0.943 bits per heavy atom. The molecular weight excluding hydrogens is 475 g/mol. The SMILES string of the molecule is Cl.Cl.[C-]#[N+]c1ccc2c(c1)c(C(CCNC1CCNCC1)C1CCCCC1)cn2C1CCCCC1. The summed E-state index contributed by atoms with van der Waals surface area (Å²) in [5.74, 6) is 1.39. The fraction of sp³-hybridized carbons (Fsp3) is 0.690. The number of halogens is 2. The average molecular weight is 520 g/mol. The second-order valence-electron chi connectivity index (χ2n) is 10.9. The van der Waals surface area contributed by atoms with E-state index in [1.807, 2.05) is 6.07 Å². The van der Waals surface area contributed by atoms with Crippen LogP contribution in [0.3, 0.4) is 0 Å². The van der Waals surface area contributed by atoms with E-state index >= 15 is 0 Å². The van der Waals surface area contributed by atoms with Gasteiger partial charge in [0.2, 0.25) is 0 Å². The van der Waals surface area contributed by atoms with Crippen LogP contribution in [0, 0.1) is 12.5 Å². The number of benzene rings is 1. The van der Waals surface area contributed by atoms with Gasteiger partial charge in [0, 0.05) is 23.8 Å². The molecule has 3 fully saturated rings. The minimum Gasteiger partial charge on any atom is -0.344 e. The summed E-state index contributed by atoms with van der Waals surface area (Å²) in [6, 6.07) is 7.79. The van der Waals surface area contributed by atoms with Crippen molar-refractivity contribution in [2.75, 3.05) is 19.6 Å². The molecule has 0 bridgehead atoms. The molecule has 194 valence electrons. The lowest BCUT2D eigenvalue weighted by molar-refractivity contribution is 0.285.